The van der Waals surface area contributed by atoms with Crippen molar-refractivity contribution in [3.05, 3.63) is 35.4 Å². The van der Waals surface area contributed by atoms with E-state index in [4.69, 9.17) is 10.9 Å². The highest BCUT2D eigenvalue weighted by atomic mass is 19.1. The van der Waals surface area contributed by atoms with Gasteiger partial charge in [0.05, 0.1) is 0 Å². The summed E-state index contributed by atoms with van der Waals surface area (Å²) in [5.41, 5.74) is 5.68. The van der Waals surface area contributed by atoms with Gasteiger partial charge in [0.1, 0.15) is 17.5 Å². The van der Waals surface area contributed by atoms with Crippen LogP contribution in [0, 0.1) is 11.6 Å². The van der Waals surface area contributed by atoms with Crippen LogP contribution in [0.25, 0.3) is 0 Å². The summed E-state index contributed by atoms with van der Waals surface area (Å²) in [6.45, 7) is 2.11. The SMILES string of the molecule is CC(CC(N)=NO)N(C)Cc1cc(F)ccc1F. The number of hydrogen-bond donors (Lipinski definition) is 2. The van der Waals surface area contributed by atoms with Gasteiger partial charge in [-0.2, -0.15) is 0 Å². The summed E-state index contributed by atoms with van der Waals surface area (Å²) in [4.78, 5) is 1.80. The van der Waals surface area contributed by atoms with E-state index in [0.29, 0.717) is 6.42 Å². The highest BCUT2D eigenvalue weighted by Crippen LogP contribution is 2.14. The van der Waals surface area contributed by atoms with Crippen molar-refractivity contribution in [1.29, 1.82) is 0 Å². The zero-order valence-corrected chi connectivity index (χ0v) is 10.4. The first kappa shape index (κ1) is 14.4. The highest BCUT2D eigenvalue weighted by molar-refractivity contribution is 5.80. The number of halogens is 2. The maximum absolute atomic E-state index is 13.4. The smallest absolute Gasteiger partial charge is 0.140 e. The molecule has 0 aliphatic carbocycles. The largest absolute Gasteiger partial charge is 0.409 e. The van der Waals surface area contributed by atoms with E-state index >= 15 is 0 Å². The molecule has 0 amide bonds. The van der Waals surface area contributed by atoms with Crippen LogP contribution >= 0.6 is 0 Å². The van der Waals surface area contributed by atoms with Gasteiger partial charge >= 0.3 is 0 Å². The molecule has 6 heteroatoms. The van der Waals surface area contributed by atoms with Gasteiger partial charge in [-0.05, 0) is 32.2 Å². The first-order chi connectivity index (χ1) is 8.43. The topological polar surface area (TPSA) is 61.9 Å². The quantitative estimate of drug-likeness (QED) is 0.366. The molecule has 0 saturated carbocycles. The Morgan fingerprint density at radius 2 is 2.17 bits per heavy atom. The minimum Gasteiger partial charge on any atom is -0.409 e. The van der Waals surface area contributed by atoms with E-state index in [-0.39, 0.29) is 24.0 Å². The van der Waals surface area contributed by atoms with Gasteiger partial charge in [-0.25, -0.2) is 8.78 Å². The molecule has 0 aliphatic rings. The Balaban J connectivity index is 2.69. The van der Waals surface area contributed by atoms with Crippen molar-refractivity contribution in [2.24, 2.45) is 10.9 Å². The maximum atomic E-state index is 13.4. The summed E-state index contributed by atoms with van der Waals surface area (Å²) in [6, 6.07) is 3.30. The average molecular weight is 257 g/mol. The second-order valence-corrected chi connectivity index (χ2v) is 4.30. The lowest BCUT2D eigenvalue weighted by Gasteiger charge is -2.24. The molecule has 3 N–H and O–H groups in total. The van der Waals surface area contributed by atoms with Crippen molar-refractivity contribution >= 4 is 5.84 Å². The number of hydrogen-bond acceptors (Lipinski definition) is 3. The van der Waals surface area contributed by atoms with Gasteiger partial charge in [0.25, 0.3) is 0 Å². The second kappa shape index (κ2) is 6.30. The number of oxime groups is 1. The third-order valence-corrected chi connectivity index (χ3v) is 2.81. The molecule has 0 radical (unpaired) electrons. The highest BCUT2D eigenvalue weighted by Gasteiger charge is 2.14. The van der Waals surface area contributed by atoms with E-state index < -0.39 is 11.6 Å². The Morgan fingerprint density at radius 3 is 2.78 bits per heavy atom. The van der Waals surface area contributed by atoms with E-state index in [2.05, 4.69) is 5.16 Å². The van der Waals surface area contributed by atoms with Crippen LogP contribution < -0.4 is 5.73 Å². The van der Waals surface area contributed by atoms with Gasteiger partial charge < -0.3 is 10.9 Å². The molecule has 0 aromatic heterocycles. The van der Waals surface area contributed by atoms with Gasteiger partial charge in [-0.3, -0.25) is 4.90 Å². The molecule has 18 heavy (non-hydrogen) atoms. The van der Waals surface area contributed by atoms with Crippen LogP contribution in [-0.2, 0) is 6.54 Å². The molecule has 4 nitrogen and oxygen atoms in total. The lowest BCUT2D eigenvalue weighted by atomic mass is 10.1. The van der Waals surface area contributed by atoms with Crippen LogP contribution in [0.15, 0.2) is 23.4 Å². The number of nitrogens with zero attached hydrogens (tertiary/aromatic N) is 2. The van der Waals surface area contributed by atoms with Gasteiger partial charge in [0.15, 0.2) is 0 Å². The van der Waals surface area contributed by atoms with E-state index in [1.165, 1.54) is 6.07 Å². The van der Waals surface area contributed by atoms with Crippen LogP contribution in [0.3, 0.4) is 0 Å². The van der Waals surface area contributed by atoms with Crippen LogP contribution in [-0.4, -0.2) is 29.0 Å². The molecular weight excluding hydrogens is 240 g/mol. The standard InChI is InChI=1S/C12H17F2N3O/c1-8(5-12(15)16-18)17(2)7-9-6-10(13)3-4-11(9)14/h3-4,6,8,18H,5,7H2,1-2H3,(H2,15,16). The number of benzene rings is 1. The number of nitrogens with two attached hydrogens (primary N) is 1. The molecule has 0 aliphatic heterocycles. The van der Waals surface area contributed by atoms with Crippen LogP contribution in [0.2, 0.25) is 0 Å². The van der Waals surface area contributed by atoms with Crippen molar-refractivity contribution < 1.29 is 14.0 Å². The van der Waals surface area contributed by atoms with E-state index in [1.807, 2.05) is 6.92 Å². The van der Waals surface area contributed by atoms with Crippen molar-refractivity contribution in [2.75, 3.05) is 7.05 Å². The molecular formula is C12H17F2N3O. The molecule has 0 bridgehead atoms. The fourth-order valence-corrected chi connectivity index (χ4v) is 1.59. The van der Waals surface area contributed by atoms with Gasteiger partial charge in [-0.15, -0.1) is 0 Å². The fraction of sp³-hybridized carbons (Fsp3) is 0.417. The van der Waals surface area contributed by atoms with Crippen LogP contribution in [0.4, 0.5) is 8.78 Å². The van der Waals surface area contributed by atoms with Crippen molar-refractivity contribution in [3.8, 4) is 0 Å². The summed E-state index contributed by atoms with van der Waals surface area (Å²) in [5.74, 6) is -0.808. The van der Waals surface area contributed by atoms with Crippen molar-refractivity contribution in [3.63, 3.8) is 0 Å². The monoisotopic (exact) mass is 257 g/mol. The summed E-state index contributed by atoms with van der Waals surface area (Å²) >= 11 is 0. The molecule has 100 valence electrons. The Kier molecular flexibility index (Phi) is 5.03. The van der Waals surface area contributed by atoms with Gasteiger partial charge in [0, 0.05) is 24.6 Å². The van der Waals surface area contributed by atoms with Gasteiger partial charge in [0.2, 0.25) is 0 Å². The van der Waals surface area contributed by atoms with E-state index in [0.717, 1.165) is 12.1 Å². The summed E-state index contributed by atoms with van der Waals surface area (Å²) in [5, 5.41) is 11.4. The third-order valence-electron chi connectivity index (χ3n) is 2.81. The predicted molar refractivity (Wildman–Crippen MR) is 65.3 cm³/mol. The maximum Gasteiger partial charge on any atom is 0.140 e. The average Bonchev–Trinajstić information content (AvgIpc) is 2.33. The molecule has 1 atom stereocenters. The first-order valence-electron chi connectivity index (χ1n) is 5.54. The van der Waals surface area contributed by atoms with E-state index in [9.17, 15) is 8.78 Å². The Morgan fingerprint density at radius 1 is 1.50 bits per heavy atom. The molecule has 1 aromatic carbocycles. The molecule has 0 spiro atoms. The summed E-state index contributed by atoms with van der Waals surface area (Å²) < 4.78 is 26.4. The van der Waals surface area contributed by atoms with E-state index in [1.54, 1.807) is 11.9 Å². The van der Waals surface area contributed by atoms with Crippen molar-refractivity contribution in [1.82, 2.24) is 4.90 Å². The molecule has 1 rings (SSSR count). The molecule has 0 heterocycles. The van der Waals surface area contributed by atoms with Gasteiger partial charge in [-0.1, -0.05) is 5.16 Å². The minimum atomic E-state index is -0.469. The molecule has 1 unspecified atom stereocenters. The Hall–Kier alpha value is -1.69. The Labute approximate surface area is 105 Å². The normalized spacial score (nSPS) is 13.9. The zero-order valence-electron chi connectivity index (χ0n) is 10.4. The molecule has 1 aromatic rings. The minimum absolute atomic E-state index is 0.0523. The summed E-state index contributed by atoms with van der Waals surface area (Å²) in [6.07, 6.45) is 0.351. The third kappa shape index (κ3) is 3.96. The second-order valence-electron chi connectivity index (χ2n) is 4.30. The molecule has 0 saturated heterocycles. The van der Waals surface area contributed by atoms with Crippen LogP contribution in [0.5, 0.6) is 0 Å². The van der Waals surface area contributed by atoms with Crippen LogP contribution in [0.1, 0.15) is 18.9 Å². The lowest BCUT2D eigenvalue weighted by molar-refractivity contribution is 0.247. The number of amidine groups is 1. The lowest BCUT2D eigenvalue weighted by Crippen LogP contribution is -2.33. The van der Waals surface area contributed by atoms with Crippen molar-refractivity contribution in [2.45, 2.75) is 25.9 Å². The predicted octanol–water partition coefficient (Wildman–Crippen LogP) is 1.92. The fourth-order valence-electron chi connectivity index (χ4n) is 1.59. The number of rotatable bonds is 5. The molecule has 0 fully saturated rings. The Bertz CT molecular complexity index is 437. The first-order valence-corrected chi connectivity index (χ1v) is 5.54. The zero-order chi connectivity index (χ0) is 13.7. The summed E-state index contributed by atoms with van der Waals surface area (Å²) in [7, 11) is 1.76.